The molecule has 1 aromatic carbocycles. The fraction of sp³-hybridized carbons (Fsp3) is 0.421. The standard InChI is InChI=1S/C19H23FN4O/c1-13-22-16(10-18(23-13)19(21)25)9-14-5-4-8-24(11-14)12-15-6-2-3-7-17(15)20/h2-3,6-7,10,14H,4-5,8-9,11-12H2,1H3,(H2,21,25). The van der Waals surface area contributed by atoms with E-state index in [0.29, 0.717) is 18.3 Å². The number of primary amides is 1. The summed E-state index contributed by atoms with van der Waals surface area (Å²) in [5.74, 6) is 0.305. The molecule has 3 rings (SSSR count). The summed E-state index contributed by atoms with van der Waals surface area (Å²) in [6, 6.07) is 8.61. The van der Waals surface area contributed by atoms with Crippen LogP contribution in [0.3, 0.4) is 0 Å². The van der Waals surface area contributed by atoms with Gasteiger partial charge in [0.2, 0.25) is 0 Å². The maximum Gasteiger partial charge on any atom is 0.267 e. The number of hydrogen-bond donors (Lipinski definition) is 1. The average Bonchev–Trinajstić information content (AvgIpc) is 2.57. The van der Waals surface area contributed by atoms with Gasteiger partial charge in [0.15, 0.2) is 0 Å². The third-order valence-corrected chi connectivity index (χ3v) is 4.60. The second kappa shape index (κ2) is 7.70. The van der Waals surface area contributed by atoms with E-state index in [2.05, 4.69) is 14.9 Å². The molecule has 2 aromatic rings. The number of halogens is 1. The lowest BCUT2D eigenvalue weighted by atomic mass is 9.92. The number of aromatic nitrogens is 2. The van der Waals surface area contributed by atoms with Gasteiger partial charge in [-0.15, -0.1) is 0 Å². The number of rotatable bonds is 5. The minimum atomic E-state index is -0.531. The van der Waals surface area contributed by atoms with Crippen molar-refractivity contribution >= 4 is 5.91 Å². The molecule has 0 spiro atoms. The molecule has 1 saturated heterocycles. The summed E-state index contributed by atoms with van der Waals surface area (Å²) in [6.45, 7) is 4.25. The Kier molecular flexibility index (Phi) is 5.38. The Morgan fingerprint density at radius 3 is 2.92 bits per heavy atom. The Morgan fingerprint density at radius 1 is 1.36 bits per heavy atom. The van der Waals surface area contributed by atoms with Crippen LogP contribution in [0.15, 0.2) is 30.3 Å². The van der Waals surface area contributed by atoms with Crippen LogP contribution in [0.1, 0.15) is 40.4 Å². The van der Waals surface area contributed by atoms with E-state index in [4.69, 9.17) is 5.73 Å². The normalized spacial score (nSPS) is 18.2. The molecule has 1 aromatic heterocycles. The van der Waals surface area contributed by atoms with Gasteiger partial charge in [-0.2, -0.15) is 0 Å². The number of benzene rings is 1. The van der Waals surface area contributed by atoms with Gasteiger partial charge in [-0.3, -0.25) is 9.69 Å². The van der Waals surface area contributed by atoms with Crippen molar-refractivity contribution in [2.75, 3.05) is 13.1 Å². The molecule has 25 heavy (non-hydrogen) atoms. The molecule has 1 aliphatic heterocycles. The van der Waals surface area contributed by atoms with Crippen molar-refractivity contribution in [3.63, 3.8) is 0 Å². The van der Waals surface area contributed by atoms with Gasteiger partial charge in [-0.25, -0.2) is 14.4 Å². The van der Waals surface area contributed by atoms with Crippen molar-refractivity contribution < 1.29 is 9.18 Å². The number of hydrogen-bond acceptors (Lipinski definition) is 4. The van der Waals surface area contributed by atoms with Gasteiger partial charge in [0.1, 0.15) is 17.3 Å². The third-order valence-electron chi connectivity index (χ3n) is 4.60. The number of carbonyl (C=O) groups is 1. The molecule has 1 fully saturated rings. The SMILES string of the molecule is Cc1nc(CC2CCCN(Cc3ccccc3F)C2)cc(C(N)=O)n1. The van der Waals surface area contributed by atoms with Crippen molar-refractivity contribution in [2.45, 2.75) is 32.7 Å². The largest absolute Gasteiger partial charge is 0.364 e. The smallest absolute Gasteiger partial charge is 0.267 e. The summed E-state index contributed by atoms with van der Waals surface area (Å²) < 4.78 is 13.9. The fourth-order valence-electron chi connectivity index (χ4n) is 3.49. The molecule has 0 aliphatic carbocycles. The maximum absolute atomic E-state index is 13.9. The molecule has 1 atom stereocenters. The predicted molar refractivity (Wildman–Crippen MR) is 93.4 cm³/mol. The van der Waals surface area contributed by atoms with Crippen LogP contribution in [0.2, 0.25) is 0 Å². The minimum Gasteiger partial charge on any atom is -0.364 e. The van der Waals surface area contributed by atoms with Crippen LogP contribution in [0.25, 0.3) is 0 Å². The lowest BCUT2D eigenvalue weighted by Crippen LogP contribution is -2.36. The molecule has 0 bridgehead atoms. The first-order valence-corrected chi connectivity index (χ1v) is 8.61. The van der Waals surface area contributed by atoms with Crippen LogP contribution in [-0.2, 0) is 13.0 Å². The number of carbonyl (C=O) groups excluding carboxylic acids is 1. The van der Waals surface area contributed by atoms with Crippen molar-refractivity contribution in [3.05, 3.63) is 58.9 Å². The number of nitrogens with two attached hydrogens (primary N) is 1. The van der Waals surface area contributed by atoms with Gasteiger partial charge in [-0.05, 0) is 50.8 Å². The van der Waals surface area contributed by atoms with Crippen molar-refractivity contribution in [1.82, 2.24) is 14.9 Å². The first-order valence-electron chi connectivity index (χ1n) is 8.61. The van der Waals surface area contributed by atoms with E-state index in [1.54, 1.807) is 19.1 Å². The molecule has 132 valence electrons. The maximum atomic E-state index is 13.9. The summed E-state index contributed by atoms with van der Waals surface area (Å²) in [5.41, 5.74) is 7.18. The molecule has 2 N–H and O–H groups in total. The predicted octanol–water partition coefficient (Wildman–Crippen LogP) is 2.48. The second-order valence-corrected chi connectivity index (χ2v) is 6.69. The lowest BCUT2D eigenvalue weighted by molar-refractivity contribution is 0.0995. The van der Waals surface area contributed by atoms with E-state index >= 15 is 0 Å². The Balaban J connectivity index is 1.66. The van der Waals surface area contributed by atoms with E-state index in [1.165, 1.54) is 6.07 Å². The van der Waals surface area contributed by atoms with Gasteiger partial charge in [0.05, 0.1) is 0 Å². The summed E-state index contributed by atoms with van der Waals surface area (Å²) in [6.07, 6.45) is 2.95. The van der Waals surface area contributed by atoms with Crippen molar-refractivity contribution in [2.24, 2.45) is 11.7 Å². The molecule has 6 heteroatoms. The van der Waals surface area contributed by atoms with E-state index < -0.39 is 5.91 Å². The van der Waals surface area contributed by atoms with Gasteiger partial charge >= 0.3 is 0 Å². The average molecular weight is 342 g/mol. The zero-order chi connectivity index (χ0) is 17.8. The summed E-state index contributed by atoms with van der Waals surface area (Å²) >= 11 is 0. The highest BCUT2D eigenvalue weighted by atomic mass is 19.1. The lowest BCUT2D eigenvalue weighted by Gasteiger charge is -2.32. The van der Waals surface area contributed by atoms with Crippen LogP contribution >= 0.6 is 0 Å². The first kappa shape index (κ1) is 17.5. The number of aryl methyl sites for hydroxylation is 1. The van der Waals surface area contributed by atoms with Gasteiger partial charge in [-0.1, -0.05) is 18.2 Å². The van der Waals surface area contributed by atoms with E-state index in [0.717, 1.165) is 43.6 Å². The number of piperidine rings is 1. The van der Waals surface area contributed by atoms with Crippen molar-refractivity contribution in [1.29, 1.82) is 0 Å². The van der Waals surface area contributed by atoms with Crippen LogP contribution in [0.4, 0.5) is 4.39 Å². The highest BCUT2D eigenvalue weighted by molar-refractivity contribution is 5.90. The summed E-state index contributed by atoms with van der Waals surface area (Å²) in [4.78, 5) is 22.2. The number of amides is 1. The quantitative estimate of drug-likeness (QED) is 0.906. The molecule has 0 radical (unpaired) electrons. The Labute approximate surface area is 147 Å². The van der Waals surface area contributed by atoms with Gasteiger partial charge < -0.3 is 5.73 Å². The second-order valence-electron chi connectivity index (χ2n) is 6.69. The fourth-order valence-corrected chi connectivity index (χ4v) is 3.49. The minimum absolute atomic E-state index is 0.151. The molecule has 1 aliphatic rings. The zero-order valence-corrected chi connectivity index (χ0v) is 14.4. The highest BCUT2D eigenvalue weighted by Gasteiger charge is 2.22. The molecule has 5 nitrogen and oxygen atoms in total. The zero-order valence-electron chi connectivity index (χ0n) is 14.4. The van der Waals surface area contributed by atoms with Crippen LogP contribution in [0, 0.1) is 18.7 Å². The molecule has 1 amide bonds. The van der Waals surface area contributed by atoms with Crippen LogP contribution < -0.4 is 5.73 Å². The third kappa shape index (κ3) is 4.60. The van der Waals surface area contributed by atoms with Crippen LogP contribution in [-0.4, -0.2) is 33.9 Å². The van der Waals surface area contributed by atoms with E-state index in [-0.39, 0.29) is 11.5 Å². The Bertz CT molecular complexity index is 765. The van der Waals surface area contributed by atoms with Gasteiger partial charge in [0, 0.05) is 24.3 Å². The van der Waals surface area contributed by atoms with Gasteiger partial charge in [0.25, 0.3) is 5.91 Å². The Hall–Kier alpha value is -2.34. The molecule has 1 unspecified atom stereocenters. The first-order chi connectivity index (χ1) is 12.0. The number of likely N-dealkylation sites (tertiary alicyclic amines) is 1. The topological polar surface area (TPSA) is 72.1 Å². The highest BCUT2D eigenvalue weighted by Crippen LogP contribution is 2.22. The number of nitrogens with zero attached hydrogens (tertiary/aromatic N) is 3. The molecule has 0 saturated carbocycles. The summed E-state index contributed by atoms with van der Waals surface area (Å²) in [5, 5.41) is 0. The summed E-state index contributed by atoms with van der Waals surface area (Å²) in [7, 11) is 0. The van der Waals surface area contributed by atoms with E-state index in [9.17, 15) is 9.18 Å². The molecular formula is C19H23FN4O. The molecular weight excluding hydrogens is 319 g/mol. The monoisotopic (exact) mass is 342 g/mol. The van der Waals surface area contributed by atoms with Crippen LogP contribution in [0.5, 0.6) is 0 Å². The Morgan fingerprint density at radius 2 is 2.16 bits per heavy atom. The van der Waals surface area contributed by atoms with E-state index in [1.807, 2.05) is 12.1 Å². The molecule has 2 heterocycles. The van der Waals surface area contributed by atoms with Crippen molar-refractivity contribution in [3.8, 4) is 0 Å².